The summed E-state index contributed by atoms with van der Waals surface area (Å²) < 4.78 is 0. The van der Waals surface area contributed by atoms with Gasteiger partial charge in [0.1, 0.15) is 0 Å². The molecule has 1 fully saturated rings. The van der Waals surface area contributed by atoms with Gasteiger partial charge in [0.25, 0.3) is 5.91 Å². The van der Waals surface area contributed by atoms with E-state index in [2.05, 4.69) is 17.4 Å². The summed E-state index contributed by atoms with van der Waals surface area (Å²) >= 11 is 0. The normalized spacial score (nSPS) is 17.4. The van der Waals surface area contributed by atoms with Crippen LogP contribution in [0.15, 0.2) is 24.3 Å². The molecule has 1 aromatic rings. The van der Waals surface area contributed by atoms with Crippen LogP contribution in [0.25, 0.3) is 0 Å². The molecule has 104 valence electrons. The number of hydrogen-bond donors (Lipinski definition) is 2. The largest absolute Gasteiger partial charge is 0.394 e. The Balaban J connectivity index is 1.99. The van der Waals surface area contributed by atoms with E-state index < -0.39 is 0 Å². The fraction of sp³-hybridized carbons (Fsp3) is 0.562. The lowest BCUT2D eigenvalue weighted by Gasteiger charge is -2.15. The van der Waals surface area contributed by atoms with E-state index in [4.69, 9.17) is 5.11 Å². The third-order valence-electron chi connectivity index (χ3n) is 4.05. The maximum absolute atomic E-state index is 12.0. The molecule has 1 aromatic carbocycles. The summed E-state index contributed by atoms with van der Waals surface area (Å²) in [5, 5.41) is 11.9. The van der Waals surface area contributed by atoms with Crippen LogP contribution in [0.3, 0.4) is 0 Å². The predicted molar refractivity (Wildman–Crippen MR) is 76.3 cm³/mol. The Morgan fingerprint density at radius 3 is 2.47 bits per heavy atom. The maximum atomic E-state index is 12.0. The number of carbonyl (C=O) groups is 1. The van der Waals surface area contributed by atoms with Gasteiger partial charge in [-0.25, -0.2) is 0 Å². The average Bonchev–Trinajstić information content (AvgIpc) is 2.99. The molecule has 1 saturated carbocycles. The van der Waals surface area contributed by atoms with E-state index in [9.17, 15) is 4.79 Å². The average molecular weight is 261 g/mol. The van der Waals surface area contributed by atoms with Crippen LogP contribution in [0.4, 0.5) is 0 Å². The van der Waals surface area contributed by atoms with E-state index in [-0.39, 0.29) is 18.6 Å². The van der Waals surface area contributed by atoms with Gasteiger partial charge in [-0.3, -0.25) is 4.79 Å². The molecule has 0 radical (unpaired) electrons. The van der Waals surface area contributed by atoms with Crippen LogP contribution in [-0.2, 0) is 0 Å². The highest BCUT2D eigenvalue weighted by atomic mass is 16.3. The van der Waals surface area contributed by atoms with Gasteiger partial charge in [-0.05, 0) is 42.9 Å². The first-order valence-electron chi connectivity index (χ1n) is 7.26. The van der Waals surface area contributed by atoms with E-state index in [0.717, 1.165) is 6.42 Å². The van der Waals surface area contributed by atoms with Crippen molar-refractivity contribution in [2.75, 3.05) is 6.61 Å². The summed E-state index contributed by atoms with van der Waals surface area (Å²) in [4.78, 5) is 12.0. The summed E-state index contributed by atoms with van der Waals surface area (Å²) in [6, 6.07) is 7.79. The van der Waals surface area contributed by atoms with Crippen molar-refractivity contribution in [3.8, 4) is 0 Å². The number of carbonyl (C=O) groups excluding carboxylic acids is 1. The summed E-state index contributed by atoms with van der Waals surface area (Å²) in [5.74, 6) is 0.580. The second kappa shape index (κ2) is 6.71. The lowest BCUT2D eigenvalue weighted by molar-refractivity contribution is 0.0915. The maximum Gasteiger partial charge on any atom is 0.251 e. The first-order valence-corrected chi connectivity index (χ1v) is 7.26. The number of aliphatic hydroxyl groups excluding tert-OH is 1. The standard InChI is InChI=1S/C16H23NO2/c1-2-15(11-18)17-16(19)14-9-7-13(8-10-14)12-5-3-4-6-12/h7-10,12,15,18H,2-6,11H2,1H3,(H,17,19). The van der Waals surface area contributed by atoms with E-state index in [1.54, 1.807) is 0 Å². The third-order valence-corrected chi connectivity index (χ3v) is 4.05. The van der Waals surface area contributed by atoms with Crippen LogP contribution >= 0.6 is 0 Å². The number of rotatable bonds is 5. The van der Waals surface area contributed by atoms with Gasteiger partial charge in [-0.1, -0.05) is 31.9 Å². The fourth-order valence-corrected chi connectivity index (χ4v) is 2.71. The predicted octanol–water partition coefficient (Wildman–Crippen LogP) is 2.84. The molecule has 0 bridgehead atoms. The lowest BCUT2D eigenvalue weighted by atomic mass is 9.96. The Bertz CT molecular complexity index is 403. The molecular formula is C16H23NO2. The zero-order valence-corrected chi connectivity index (χ0v) is 11.6. The van der Waals surface area contributed by atoms with Gasteiger partial charge in [-0.2, -0.15) is 0 Å². The Hall–Kier alpha value is -1.35. The number of nitrogens with one attached hydrogen (secondary N) is 1. The van der Waals surface area contributed by atoms with Crippen molar-refractivity contribution in [3.63, 3.8) is 0 Å². The smallest absolute Gasteiger partial charge is 0.251 e. The van der Waals surface area contributed by atoms with Crippen molar-refractivity contribution in [2.45, 2.75) is 51.0 Å². The molecule has 0 spiro atoms. The zero-order chi connectivity index (χ0) is 13.7. The molecule has 0 aromatic heterocycles. The number of aliphatic hydroxyl groups is 1. The molecule has 2 N–H and O–H groups in total. The monoisotopic (exact) mass is 261 g/mol. The highest BCUT2D eigenvalue weighted by Gasteiger charge is 2.17. The van der Waals surface area contributed by atoms with Crippen LogP contribution in [0.1, 0.15) is 60.9 Å². The molecule has 1 amide bonds. The molecule has 0 saturated heterocycles. The Morgan fingerprint density at radius 1 is 1.32 bits per heavy atom. The van der Waals surface area contributed by atoms with E-state index >= 15 is 0 Å². The van der Waals surface area contributed by atoms with Gasteiger partial charge in [-0.15, -0.1) is 0 Å². The minimum Gasteiger partial charge on any atom is -0.394 e. The van der Waals surface area contributed by atoms with Gasteiger partial charge in [0, 0.05) is 5.56 Å². The first-order chi connectivity index (χ1) is 9.24. The SMILES string of the molecule is CCC(CO)NC(=O)c1ccc(C2CCCC2)cc1. The third kappa shape index (κ3) is 3.57. The molecule has 1 atom stereocenters. The number of hydrogen-bond acceptors (Lipinski definition) is 2. The Kier molecular flexibility index (Phi) is 4.97. The van der Waals surface area contributed by atoms with Crippen molar-refractivity contribution in [2.24, 2.45) is 0 Å². The van der Waals surface area contributed by atoms with Gasteiger partial charge < -0.3 is 10.4 Å². The van der Waals surface area contributed by atoms with Gasteiger partial charge in [0.2, 0.25) is 0 Å². The molecule has 3 heteroatoms. The van der Waals surface area contributed by atoms with E-state index in [0.29, 0.717) is 11.5 Å². The molecule has 1 unspecified atom stereocenters. The van der Waals surface area contributed by atoms with Gasteiger partial charge in [0.05, 0.1) is 12.6 Å². The molecule has 1 aliphatic rings. The second-order valence-electron chi connectivity index (χ2n) is 5.36. The van der Waals surface area contributed by atoms with Crippen molar-refractivity contribution < 1.29 is 9.90 Å². The fourth-order valence-electron chi connectivity index (χ4n) is 2.71. The summed E-state index contributed by atoms with van der Waals surface area (Å²) in [5.41, 5.74) is 2.02. The zero-order valence-electron chi connectivity index (χ0n) is 11.6. The molecule has 1 aliphatic carbocycles. The lowest BCUT2D eigenvalue weighted by Crippen LogP contribution is -2.36. The van der Waals surface area contributed by atoms with Gasteiger partial charge in [0.15, 0.2) is 0 Å². The summed E-state index contributed by atoms with van der Waals surface area (Å²) in [6.45, 7) is 1.94. The van der Waals surface area contributed by atoms with Crippen LogP contribution < -0.4 is 5.32 Å². The van der Waals surface area contributed by atoms with Crippen molar-refractivity contribution >= 4 is 5.91 Å². The van der Waals surface area contributed by atoms with Crippen molar-refractivity contribution in [1.29, 1.82) is 0 Å². The summed E-state index contributed by atoms with van der Waals surface area (Å²) in [7, 11) is 0. The molecule has 3 nitrogen and oxygen atoms in total. The highest BCUT2D eigenvalue weighted by molar-refractivity contribution is 5.94. The second-order valence-corrected chi connectivity index (χ2v) is 5.36. The molecule has 0 aliphatic heterocycles. The number of amides is 1. The first kappa shape index (κ1) is 14.1. The molecule has 2 rings (SSSR count). The number of benzene rings is 1. The van der Waals surface area contributed by atoms with Crippen LogP contribution in [0.2, 0.25) is 0 Å². The van der Waals surface area contributed by atoms with E-state index in [1.807, 2.05) is 19.1 Å². The quantitative estimate of drug-likeness (QED) is 0.856. The Morgan fingerprint density at radius 2 is 1.95 bits per heavy atom. The van der Waals surface area contributed by atoms with Crippen molar-refractivity contribution in [3.05, 3.63) is 35.4 Å². The molecule has 0 heterocycles. The van der Waals surface area contributed by atoms with E-state index in [1.165, 1.54) is 31.2 Å². The minimum atomic E-state index is -0.151. The molecular weight excluding hydrogens is 238 g/mol. The summed E-state index contributed by atoms with van der Waals surface area (Å²) in [6.07, 6.45) is 5.92. The topological polar surface area (TPSA) is 49.3 Å². The van der Waals surface area contributed by atoms with Crippen molar-refractivity contribution in [1.82, 2.24) is 5.32 Å². The van der Waals surface area contributed by atoms with Crippen LogP contribution in [0, 0.1) is 0 Å². The highest BCUT2D eigenvalue weighted by Crippen LogP contribution is 2.33. The Labute approximate surface area is 115 Å². The van der Waals surface area contributed by atoms with Crippen LogP contribution in [0.5, 0.6) is 0 Å². The van der Waals surface area contributed by atoms with Crippen LogP contribution in [-0.4, -0.2) is 23.7 Å². The van der Waals surface area contributed by atoms with Gasteiger partial charge >= 0.3 is 0 Å². The molecule has 19 heavy (non-hydrogen) atoms. The minimum absolute atomic E-state index is 0.0115.